The van der Waals surface area contributed by atoms with Gasteiger partial charge in [0.25, 0.3) is 0 Å². The van der Waals surface area contributed by atoms with E-state index in [0.29, 0.717) is 23.3 Å². The zero-order chi connectivity index (χ0) is 13.4. The Kier molecular flexibility index (Phi) is 6.54. The van der Waals surface area contributed by atoms with Crippen molar-refractivity contribution in [1.29, 1.82) is 0 Å². The van der Waals surface area contributed by atoms with Crippen molar-refractivity contribution in [3.8, 4) is 0 Å². The molecule has 0 radical (unpaired) electrons. The summed E-state index contributed by atoms with van der Waals surface area (Å²) in [6.45, 7) is 4.86. The molecule has 96 valence electrons. The third kappa shape index (κ3) is 4.55. The fourth-order valence-electron chi connectivity index (χ4n) is 1.39. The van der Waals surface area contributed by atoms with Crippen LogP contribution in [0.2, 0.25) is 0 Å². The van der Waals surface area contributed by atoms with Gasteiger partial charge in [-0.2, -0.15) is 0 Å². The molecule has 0 atom stereocenters. The van der Waals surface area contributed by atoms with E-state index in [-0.39, 0.29) is 0 Å². The lowest BCUT2D eigenvalue weighted by molar-refractivity contribution is 0.337. The Labute approximate surface area is 119 Å². The van der Waals surface area contributed by atoms with Crippen LogP contribution < -0.4 is 0 Å². The van der Waals surface area contributed by atoms with Gasteiger partial charge >= 0.3 is 0 Å². The van der Waals surface area contributed by atoms with Crippen LogP contribution in [0.4, 0.5) is 0 Å². The van der Waals surface area contributed by atoms with Crippen molar-refractivity contribution >= 4 is 40.1 Å². The highest BCUT2D eigenvalue weighted by Gasteiger charge is 2.10. The van der Waals surface area contributed by atoms with Gasteiger partial charge < -0.3 is 9.47 Å². The van der Waals surface area contributed by atoms with E-state index >= 15 is 0 Å². The van der Waals surface area contributed by atoms with Crippen LogP contribution in [-0.4, -0.2) is 23.3 Å². The largest absolute Gasteiger partial charge is 0.484 e. The summed E-state index contributed by atoms with van der Waals surface area (Å²) in [5.74, 6) is 0. The van der Waals surface area contributed by atoms with Gasteiger partial charge in [-0.25, -0.2) is 0 Å². The van der Waals surface area contributed by atoms with E-state index < -0.39 is 0 Å². The molecule has 1 rings (SSSR count). The standard InChI is InChI=1S/C14H16O2S2/c1-3-15-13(17)10-12(14(18)16-4-2)11-8-6-5-7-9-11/h5-10H,3-4H2,1-2H3. The molecular weight excluding hydrogens is 264 g/mol. The average molecular weight is 280 g/mol. The van der Waals surface area contributed by atoms with Crippen molar-refractivity contribution < 1.29 is 9.47 Å². The van der Waals surface area contributed by atoms with Crippen molar-refractivity contribution in [2.24, 2.45) is 0 Å². The van der Waals surface area contributed by atoms with E-state index in [1.165, 1.54) is 0 Å². The maximum atomic E-state index is 5.39. The van der Waals surface area contributed by atoms with E-state index in [1.807, 2.05) is 44.2 Å². The quantitative estimate of drug-likeness (QED) is 0.603. The minimum atomic E-state index is 0.415. The second kappa shape index (κ2) is 7.95. The topological polar surface area (TPSA) is 18.5 Å². The molecule has 0 fully saturated rings. The van der Waals surface area contributed by atoms with Gasteiger partial charge in [0, 0.05) is 11.6 Å². The summed E-state index contributed by atoms with van der Waals surface area (Å²) in [4.78, 5) is 0. The molecule has 0 amide bonds. The normalized spacial score (nSPS) is 10.9. The first kappa shape index (κ1) is 14.8. The Morgan fingerprint density at radius 3 is 2.22 bits per heavy atom. The molecule has 1 aromatic carbocycles. The molecule has 4 heteroatoms. The highest BCUT2D eigenvalue weighted by molar-refractivity contribution is 7.81. The van der Waals surface area contributed by atoms with Gasteiger partial charge in [-0.05, 0) is 43.8 Å². The van der Waals surface area contributed by atoms with Crippen LogP contribution in [0, 0.1) is 0 Å². The van der Waals surface area contributed by atoms with E-state index in [1.54, 1.807) is 6.08 Å². The molecule has 0 aromatic heterocycles. The Balaban J connectivity index is 3.03. The average Bonchev–Trinajstić information content (AvgIpc) is 2.37. The van der Waals surface area contributed by atoms with Crippen LogP contribution in [0.3, 0.4) is 0 Å². The molecule has 0 heterocycles. The lowest BCUT2D eigenvalue weighted by atomic mass is 10.1. The Bertz CT molecular complexity index is 438. The summed E-state index contributed by atoms with van der Waals surface area (Å²) < 4.78 is 10.6. The lowest BCUT2D eigenvalue weighted by Crippen LogP contribution is -2.07. The Morgan fingerprint density at radius 2 is 1.67 bits per heavy atom. The first-order chi connectivity index (χ1) is 8.69. The first-order valence-corrected chi connectivity index (χ1v) is 6.61. The highest BCUT2D eigenvalue weighted by atomic mass is 32.1. The molecule has 0 aliphatic rings. The zero-order valence-corrected chi connectivity index (χ0v) is 12.1. The highest BCUT2D eigenvalue weighted by Crippen LogP contribution is 2.17. The molecule has 0 bridgehead atoms. The minimum Gasteiger partial charge on any atom is -0.484 e. The molecule has 0 N–H and O–H groups in total. The third-order valence-corrected chi connectivity index (χ3v) is 2.70. The molecule has 0 spiro atoms. The van der Waals surface area contributed by atoms with Crippen molar-refractivity contribution in [2.75, 3.05) is 13.2 Å². The number of thiocarbonyl (C=S) groups is 2. The van der Waals surface area contributed by atoms with Gasteiger partial charge in [-0.15, -0.1) is 0 Å². The molecule has 18 heavy (non-hydrogen) atoms. The number of ether oxygens (including phenoxy) is 2. The predicted octanol–water partition coefficient (Wildman–Crippen LogP) is 3.80. The summed E-state index contributed by atoms with van der Waals surface area (Å²) >= 11 is 10.4. The summed E-state index contributed by atoms with van der Waals surface area (Å²) in [5, 5.41) is 0.851. The van der Waals surface area contributed by atoms with E-state index in [0.717, 1.165) is 11.1 Å². The van der Waals surface area contributed by atoms with Gasteiger partial charge in [0.05, 0.1) is 13.2 Å². The number of hydrogen-bond donors (Lipinski definition) is 0. The van der Waals surface area contributed by atoms with Gasteiger partial charge in [0.15, 0.2) is 10.1 Å². The first-order valence-electron chi connectivity index (χ1n) is 5.80. The van der Waals surface area contributed by atoms with Gasteiger partial charge in [-0.1, -0.05) is 30.3 Å². The fraction of sp³-hybridized carbons (Fsp3) is 0.286. The molecule has 0 saturated heterocycles. The second-order valence-electron chi connectivity index (χ2n) is 3.40. The zero-order valence-electron chi connectivity index (χ0n) is 10.5. The van der Waals surface area contributed by atoms with Gasteiger partial charge in [-0.3, -0.25) is 0 Å². The van der Waals surface area contributed by atoms with Crippen LogP contribution in [0.1, 0.15) is 19.4 Å². The third-order valence-electron chi connectivity index (χ3n) is 2.13. The van der Waals surface area contributed by atoms with Crippen molar-refractivity contribution in [3.05, 3.63) is 42.0 Å². The summed E-state index contributed by atoms with van der Waals surface area (Å²) in [6.07, 6.45) is 1.74. The molecule has 2 nitrogen and oxygen atoms in total. The Morgan fingerprint density at radius 1 is 1.06 bits per heavy atom. The van der Waals surface area contributed by atoms with Crippen molar-refractivity contribution in [2.45, 2.75) is 13.8 Å². The number of hydrogen-bond acceptors (Lipinski definition) is 4. The smallest absolute Gasteiger partial charge is 0.191 e. The summed E-state index contributed by atoms with van der Waals surface area (Å²) in [5.41, 5.74) is 1.75. The van der Waals surface area contributed by atoms with Gasteiger partial charge in [0.1, 0.15) is 0 Å². The predicted molar refractivity (Wildman–Crippen MR) is 82.9 cm³/mol. The molecule has 0 unspecified atom stereocenters. The number of rotatable bonds is 5. The fourth-order valence-corrected chi connectivity index (χ4v) is 1.92. The van der Waals surface area contributed by atoms with Crippen LogP contribution in [0.25, 0.3) is 5.57 Å². The van der Waals surface area contributed by atoms with Crippen LogP contribution >= 0.6 is 24.4 Å². The van der Waals surface area contributed by atoms with E-state index in [4.69, 9.17) is 33.9 Å². The molecule has 0 aliphatic carbocycles. The second-order valence-corrected chi connectivity index (χ2v) is 4.17. The maximum Gasteiger partial charge on any atom is 0.191 e. The molecule has 0 aliphatic heterocycles. The van der Waals surface area contributed by atoms with Crippen LogP contribution in [0.5, 0.6) is 0 Å². The molecular formula is C14H16O2S2. The summed E-state index contributed by atoms with van der Waals surface area (Å²) in [6, 6.07) is 9.77. The molecule has 1 aromatic rings. The van der Waals surface area contributed by atoms with Crippen molar-refractivity contribution in [1.82, 2.24) is 0 Å². The maximum absolute atomic E-state index is 5.39. The van der Waals surface area contributed by atoms with Gasteiger partial charge in [0.2, 0.25) is 0 Å². The van der Waals surface area contributed by atoms with Crippen LogP contribution in [-0.2, 0) is 9.47 Å². The lowest BCUT2D eigenvalue weighted by Gasteiger charge is -2.10. The number of benzene rings is 1. The SMILES string of the molecule is CCOC(=S)C=C(C(=S)OCC)c1ccccc1. The monoisotopic (exact) mass is 280 g/mol. The van der Waals surface area contributed by atoms with E-state index in [2.05, 4.69) is 0 Å². The van der Waals surface area contributed by atoms with E-state index in [9.17, 15) is 0 Å². The van der Waals surface area contributed by atoms with Crippen molar-refractivity contribution in [3.63, 3.8) is 0 Å². The van der Waals surface area contributed by atoms with Crippen LogP contribution in [0.15, 0.2) is 36.4 Å². The summed E-state index contributed by atoms with van der Waals surface area (Å²) in [7, 11) is 0. The minimum absolute atomic E-state index is 0.415. The molecule has 0 saturated carbocycles. The Hall–Kier alpha value is -1.26.